The van der Waals surface area contributed by atoms with Gasteiger partial charge in [-0.3, -0.25) is 4.79 Å². The van der Waals surface area contributed by atoms with Crippen LogP contribution in [0.15, 0.2) is 41.9 Å². The highest BCUT2D eigenvalue weighted by Crippen LogP contribution is 2.30. The molecular formula is C19H22Cl2N6O. The molecule has 0 fully saturated rings. The molecule has 0 aliphatic carbocycles. The van der Waals surface area contributed by atoms with Gasteiger partial charge < -0.3 is 10.6 Å². The maximum Gasteiger partial charge on any atom is 0.255 e. The minimum Gasteiger partial charge on any atom is -0.399 e. The summed E-state index contributed by atoms with van der Waals surface area (Å²) in [7, 11) is 1.78. The molecule has 3 N–H and O–H groups in total. The van der Waals surface area contributed by atoms with Gasteiger partial charge in [-0.25, -0.2) is 20.4 Å². The van der Waals surface area contributed by atoms with Crippen molar-refractivity contribution in [2.24, 2.45) is 5.73 Å². The van der Waals surface area contributed by atoms with Gasteiger partial charge in [0.2, 0.25) is 5.95 Å². The average Bonchev–Trinajstić information content (AvgIpc) is 2.67. The van der Waals surface area contributed by atoms with E-state index in [0.717, 1.165) is 11.4 Å². The average molecular weight is 421 g/mol. The largest absolute Gasteiger partial charge is 0.399 e. The summed E-state index contributed by atoms with van der Waals surface area (Å²) in [5.74, 6) is 0.301. The lowest BCUT2D eigenvalue weighted by molar-refractivity contribution is 0.0703. The van der Waals surface area contributed by atoms with Crippen molar-refractivity contribution >= 4 is 35.1 Å². The number of halogens is 2. The van der Waals surface area contributed by atoms with Gasteiger partial charge in [0.15, 0.2) is 0 Å². The van der Waals surface area contributed by atoms with Gasteiger partial charge in [0.05, 0.1) is 33.0 Å². The van der Waals surface area contributed by atoms with Gasteiger partial charge in [0.25, 0.3) is 5.91 Å². The van der Waals surface area contributed by atoms with E-state index in [-0.39, 0.29) is 17.0 Å². The van der Waals surface area contributed by atoms with E-state index < -0.39 is 0 Å². The third kappa shape index (κ3) is 3.78. The maximum atomic E-state index is 13.0. The van der Waals surface area contributed by atoms with Crippen LogP contribution < -0.4 is 16.2 Å². The normalized spacial score (nSPS) is 17.0. The van der Waals surface area contributed by atoms with Crippen molar-refractivity contribution in [3.63, 3.8) is 0 Å². The molecule has 9 heteroatoms. The third-order valence-corrected chi connectivity index (χ3v) is 5.58. The first kappa shape index (κ1) is 20.4. The number of hydrogen-bond acceptors (Lipinski definition) is 6. The Bertz CT molecular complexity index is 932. The Labute approximate surface area is 174 Å². The Morgan fingerprint density at radius 3 is 2.79 bits per heavy atom. The summed E-state index contributed by atoms with van der Waals surface area (Å²) in [4.78, 5) is 23.5. The van der Waals surface area contributed by atoms with Crippen LogP contribution in [0.3, 0.4) is 0 Å². The number of carbonyl (C=O) groups excluding carboxylic acids is 1. The monoisotopic (exact) mass is 420 g/mol. The fourth-order valence-corrected chi connectivity index (χ4v) is 3.60. The zero-order valence-corrected chi connectivity index (χ0v) is 17.4. The highest BCUT2D eigenvalue weighted by molar-refractivity contribution is 6.43. The molecule has 1 aliphatic rings. The summed E-state index contributed by atoms with van der Waals surface area (Å²) >= 11 is 12.3. The second-order valence-corrected chi connectivity index (χ2v) is 7.27. The van der Waals surface area contributed by atoms with Gasteiger partial charge in [-0.1, -0.05) is 29.3 Å². The van der Waals surface area contributed by atoms with Crippen LogP contribution in [0.1, 0.15) is 29.4 Å². The molecule has 2 aromatic rings. The van der Waals surface area contributed by atoms with Crippen molar-refractivity contribution in [2.75, 3.05) is 18.6 Å². The van der Waals surface area contributed by atoms with E-state index in [1.807, 2.05) is 19.9 Å². The summed E-state index contributed by atoms with van der Waals surface area (Å²) in [5.41, 5.74) is 12.1. The molecule has 0 saturated carbocycles. The van der Waals surface area contributed by atoms with Crippen LogP contribution in [-0.2, 0) is 0 Å². The Balaban J connectivity index is 1.91. The van der Waals surface area contributed by atoms with Crippen molar-refractivity contribution < 1.29 is 4.79 Å². The van der Waals surface area contributed by atoms with Crippen molar-refractivity contribution in [1.29, 1.82) is 0 Å². The fraction of sp³-hybridized carbons (Fsp3) is 0.316. The van der Waals surface area contributed by atoms with Crippen molar-refractivity contribution in [1.82, 2.24) is 20.3 Å². The minimum absolute atomic E-state index is 0.204. The second kappa shape index (κ2) is 8.34. The molecule has 3 rings (SSSR count). The molecule has 2 heterocycles. The number of nitrogens with one attached hydrogen (secondary N) is 1. The molecule has 0 bridgehead atoms. The van der Waals surface area contributed by atoms with Gasteiger partial charge >= 0.3 is 0 Å². The van der Waals surface area contributed by atoms with Crippen molar-refractivity contribution in [3.8, 4) is 0 Å². The molecule has 0 spiro atoms. The zero-order valence-electron chi connectivity index (χ0n) is 15.9. The number of amides is 1. The number of hydrazine groups is 1. The second-order valence-electron chi connectivity index (χ2n) is 6.48. The molecule has 7 nitrogen and oxygen atoms in total. The Morgan fingerprint density at radius 2 is 2.11 bits per heavy atom. The van der Waals surface area contributed by atoms with Gasteiger partial charge in [-0.15, -0.1) is 0 Å². The zero-order chi connectivity index (χ0) is 20.4. The first-order valence-corrected chi connectivity index (χ1v) is 9.61. The molecule has 1 aromatic heterocycles. The predicted octanol–water partition coefficient (Wildman–Crippen LogP) is 3.14. The Morgan fingerprint density at radius 1 is 1.36 bits per heavy atom. The van der Waals surface area contributed by atoms with E-state index in [1.54, 1.807) is 41.4 Å². The number of aryl methyl sites for hydroxylation is 1. The van der Waals surface area contributed by atoms with Gasteiger partial charge in [-0.2, -0.15) is 0 Å². The molecule has 0 saturated heterocycles. The lowest BCUT2D eigenvalue weighted by Gasteiger charge is -2.38. The summed E-state index contributed by atoms with van der Waals surface area (Å²) in [6.45, 7) is 4.26. The molecule has 28 heavy (non-hydrogen) atoms. The lowest BCUT2D eigenvalue weighted by atomic mass is 10.0. The van der Waals surface area contributed by atoms with Crippen LogP contribution in [0, 0.1) is 6.92 Å². The van der Waals surface area contributed by atoms with Crippen molar-refractivity contribution in [3.05, 3.63) is 63.2 Å². The van der Waals surface area contributed by atoms with Crippen molar-refractivity contribution in [2.45, 2.75) is 26.3 Å². The minimum atomic E-state index is -0.327. The Kier molecular flexibility index (Phi) is 6.07. The molecule has 1 atom stereocenters. The number of hydrogen-bond donors (Lipinski definition) is 2. The Hall–Kier alpha value is -2.35. The van der Waals surface area contributed by atoms with E-state index in [9.17, 15) is 4.79 Å². The summed E-state index contributed by atoms with van der Waals surface area (Å²) in [5, 5.41) is 2.35. The van der Waals surface area contributed by atoms with Gasteiger partial charge in [-0.05, 0) is 32.0 Å². The number of anilines is 1. The van der Waals surface area contributed by atoms with Crippen LogP contribution in [-0.4, -0.2) is 40.4 Å². The maximum absolute atomic E-state index is 13.0. The highest BCUT2D eigenvalue weighted by atomic mass is 35.5. The molecule has 1 aliphatic heterocycles. The van der Waals surface area contributed by atoms with E-state index in [1.165, 1.54) is 0 Å². The first-order valence-electron chi connectivity index (χ1n) is 8.85. The lowest BCUT2D eigenvalue weighted by Crippen LogP contribution is -2.50. The van der Waals surface area contributed by atoms with Gasteiger partial charge in [0, 0.05) is 31.9 Å². The van der Waals surface area contributed by atoms with Gasteiger partial charge in [0.1, 0.15) is 0 Å². The number of nitrogens with two attached hydrogens (primary N) is 1. The summed E-state index contributed by atoms with van der Waals surface area (Å²) < 4.78 is 0. The topological polar surface area (TPSA) is 87.4 Å². The smallest absolute Gasteiger partial charge is 0.255 e. The SMILES string of the molecule is CNN(C1=C(N)[C@H](C)N(C(=O)c2cccc(Cl)c2Cl)CC1)c1nccc(C)n1. The molecular weight excluding hydrogens is 399 g/mol. The van der Waals surface area contributed by atoms with E-state index in [0.29, 0.717) is 35.2 Å². The molecule has 148 valence electrons. The first-order chi connectivity index (χ1) is 13.3. The number of nitrogens with zero attached hydrogens (tertiary/aromatic N) is 4. The summed E-state index contributed by atoms with van der Waals surface area (Å²) in [6, 6.07) is 6.52. The van der Waals surface area contributed by atoms with Crippen LogP contribution in [0.5, 0.6) is 0 Å². The number of carbonyl (C=O) groups is 1. The third-order valence-electron chi connectivity index (χ3n) is 4.76. The molecule has 1 amide bonds. The molecule has 0 unspecified atom stereocenters. The van der Waals surface area contributed by atoms with E-state index in [4.69, 9.17) is 28.9 Å². The quantitative estimate of drug-likeness (QED) is 0.738. The van der Waals surface area contributed by atoms with Crippen LogP contribution in [0.2, 0.25) is 10.0 Å². The number of benzene rings is 1. The fourth-order valence-electron chi connectivity index (χ4n) is 3.21. The molecule has 1 aromatic carbocycles. The highest BCUT2D eigenvalue weighted by Gasteiger charge is 2.32. The van der Waals surface area contributed by atoms with Crippen LogP contribution in [0.4, 0.5) is 5.95 Å². The predicted molar refractivity (Wildman–Crippen MR) is 111 cm³/mol. The number of aromatic nitrogens is 2. The summed E-state index contributed by atoms with van der Waals surface area (Å²) in [6.07, 6.45) is 2.24. The van der Waals surface area contributed by atoms with E-state index >= 15 is 0 Å². The number of rotatable bonds is 4. The van der Waals surface area contributed by atoms with E-state index in [2.05, 4.69) is 15.4 Å². The van der Waals surface area contributed by atoms with Crippen LogP contribution >= 0.6 is 23.2 Å². The standard InChI is InChI=1S/C19H22Cl2N6O/c1-11-7-9-24-19(25-11)27(23-3)15-8-10-26(12(2)17(15)22)18(28)13-5-4-6-14(20)16(13)21/h4-7,9,12,23H,8,10,22H2,1-3H3/t12-/m0/s1. The van der Waals surface area contributed by atoms with Crippen LogP contribution in [0.25, 0.3) is 0 Å². The molecule has 0 radical (unpaired) electrons.